The molecular weight excluding hydrogens is 362 g/mol. The molecule has 0 fully saturated rings. The van der Waals surface area contributed by atoms with Crippen LogP contribution in [0, 0.1) is 5.82 Å². The number of benzene rings is 2. The first-order chi connectivity index (χ1) is 12.0. The maximum absolute atomic E-state index is 14.0. The van der Waals surface area contributed by atoms with Gasteiger partial charge in [0.05, 0.1) is 12.2 Å². The number of hydrogen-bond donors (Lipinski definition) is 1. The third-order valence-corrected chi connectivity index (χ3v) is 4.04. The lowest BCUT2D eigenvalue weighted by Gasteiger charge is -2.10. The molecule has 0 aliphatic heterocycles. The van der Waals surface area contributed by atoms with Crippen LogP contribution in [0.1, 0.15) is 26.2 Å². The Hall–Kier alpha value is -1.91. The minimum absolute atomic E-state index is 0.0992. The van der Waals surface area contributed by atoms with Crippen LogP contribution in [-0.4, -0.2) is 18.0 Å². The molecule has 2 rings (SSSR count). The summed E-state index contributed by atoms with van der Waals surface area (Å²) in [6.45, 7) is 2.21. The van der Waals surface area contributed by atoms with Gasteiger partial charge in [0, 0.05) is 22.2 Å². The molecule has 0 aliphatic rings. The van der Waals surface area contributed by atoms with Crippen molar-refractivity contribution >= 4 is 46.1 Å². The van der Waals surface area contributed by atoms with Crippen molar-refractivity contribution in [3.05, 3.63) is 58.3 Å². The highest BCUT2D eigenvalue weighted by atomic mass is 35.5. The van der Waals surface area contributed by atoms with Crippen molar-refractivity contribution in [2.45, 2.75) is 26.2 Å². The molecule has 1 N–H and O–H groups in total. The van der Waals surface area contributed by atoms with E-state index < -0.39 is 5.82 Å². The third-order valence-electron chi connectivity index (χ3n) is 3.55. The molecule has 0 aromatic heterocycles. The lowest BCUT2D eigenvalue weighted by atomic mass is 10.1. The Bertz CT molecular complexity index is 761. The average Bonchev–Trinajstić information content (AvgIpc) is 2.59. The Morgan fingerprint density at radius 2 is 1.80 bits per heavy atom. The zero-order chi connectivity index (χ0) is 18.2. The van der Waals surface area contributed by atoms with Crippen LogP contribution < -0.4 is 5.32 Å². The van der Waals surface area contributed by atoms with E-state index in [2.05, 4.69) is 10.3 Å². The molecule has 25 heavy (non-hydrogen) atoms. The number of Topliss-reactive ketones (excluding diaryl/α,β-unsaturated/α-hetero) is 1. The van der Waals surface area contributed by atoms with Gasteiger partial charge in [-0.1, -0.05) is 36.5 Å². The summed E-state index contributed by atoms with van der Waals surface area (Å²) in [4.78, 5) is 16.6. The first-order valence-electron chi connectivity index (χ1n) is 8.05. The summed E-state index contributed by atoms with van der Waals surface area (Å²) >= 11 is 11.6. The van der Waals surface area contributed by atoms with Crippen molar-refractivity contribution in [3.63, 3.8) is 0 Å². The van der Waals surface area contributed by atoms with Gasteiger partial charge in [-0.25, -0.2) is 9.38 Å². The van der Waals surface area contributed by atoms with Crippen LogP contribution in [0.5, 0.6) is 0 Å². The summed E-state index contributed by atoms with van der Waals surface area (Å²) < 4.78 is 14.0. The Morgan fingerprint density at radius 3 is 2.44 bits per heavy atom. The number of anilines is 1. The van der Waals surface area contributed by atoms with E-state index in [1.165, 1.54) is 12.1 Å². The molecular formula is C19H19Cl2FN2O. The number of nitrogens with one attached hydrogen (secondary N) is 1. The molecule has 132 valence electrons. The molecule has 0 radical (unpaired) electrons. The van der Waals surface area contributed by atoms with Gasteiger partial charge in [-0.2, -0.15) is 0 Å². The zero-order valence-corrected chi connectivity index (χ0v) is 15.4. The van der Waals surface area contributed by atoms with Crippen molar-refractivity contribution in [3.8, 4) is 0 Å². The fourth-order valence-corrected chi connectivity index (χ4v) is 2.44. The van der Waals surface area contributed by atoms with E-state index in [1.54, 1.807) is 30.3 Å². The molecule has 0 atom stereocenters. The van der Waals surface area contributed by atoms with Gasteiger partial charge in [-0.05, 0) is 48.9 Å². The van der Waals surface area contributed by atoms with Gasteiger partial charge in [-0.3, -0.25) is 4.79 Å². The monoisotopic (exact) mass is 380 g/mol. The highest BCUT2D eigenvalue weighted by molar-refractivity contribution is 6.41. The number of carbonyl (C=O) groups excluding carboxylic acids is 1. The van der Waals surface area contributed by atoms with E-state index in [-0.39, 0.29) is 28.7 Å². The second-order valence-electron chi connectivity index (χ2n) is 5.54. The van der Waals surface area contributed by atoms with Crippen LogP contribution in [0.4, 0.5) is 15.8 Å². The Labute approximate surface area is 156 Å². The van der Waals surface area contributed by atoms with Crippen LogP contribution in [0.25, 0.3) is 0 Å². The standard InChI is InChI=1S/C19H19Cl2FN2O/c1-2-3-4-19(25)18(12-23-15-8-5-13(20)6-9-15)24-17-10-7-14(21)11-16(17)22/h5-11,23H,2-4,12H2,1H3. The first kappa shape index (κ1) is 19.4. The number of carbonyl (C=O) groups is 1. The number of unbranched alkanes of at least 4 members (excludes halogenated alkanes) is 1. The van der Waals surface area contributed by atoms with Crippen LogP contribution in [0.15, 0.2) is 47.5 Å². The minimum atomic E-state index is -0.556. The molecule has 2 aromatic rings. The number of hydrogen-bond acceptors (Lipinski definition) is 3. The molecule has 2 aromatic carbocycles. The van der Waals surface area contributed by atoms with E-state index in [0.717, 1.165) is 18.5 Å². The van der Waals surface area contributed by atoms with Gasteiger partial charge in [0.1, 0.15) is 11.5 Å². The minimum Gasteiger partial charge on any atom is -0.379 e. The van der Waals surface area contributed by atoms with Gasteiger partial charge >= 0.3 is 0 Å². The second kappa shape index (κ2) is 9.54. The fraction of sp³-hybridized carbons (Fsp3) is 0.263. The molecule has 0 unspecified atom stereocenters. The maximum atomic E-state index is 14.0. The SMILES string of the molecule is CCCCC(=O)C(CNc1ccc(Cl)cc1)=Nc1ccc(Cl)cc1F. The van der Waals surface area contributed by atoms with E-state index in [4.69, 9.17) is 23.2 Å². The topological polar surface area (TPSA) is 41.5 Å². The van der Waals surface area contributed by atoms with E-state index in [9.17, 15) is 9.18 Å². The normalized spacial score (nSPS) is 11.4. The van der Waals surface area contributed by atoms with Gasteiger partial charge in [0.25, 0.3) is 0 Å². The number of halogens is 3. The molecule has 0 amide bonds. The molecule has 6 heteroatoms. The highest BCUT2D eigenvalue weighted by Crippen LogP contribution is 2.22. The summed E-state index contributed by atoms with van der Waals surface area (Å²) in [6, 6.07) is 11.3. The Kier molecular flexibility index (Phi) is 7.41. The predicted molar refractivity (Wildman–Crippen MR) is 103 cm³/mol. The van der Waals surface area contributed by atoms with Crippen LogP contribution in [-0.2, 0) is 4.79 Å². The number of ketones is 1. The summed E-state index contributed by atoms with van der Waals surface area (Å²) in [5.41, 5.74) is 1.18. The molecule has 0 saturated heterocycles. The average molecular weight is 381 g/mol. The second-order valence-corrected chi connectivity index (χ2v) is 6.41. The van der Waals surface area contributed by atoms with E-state index in [0.29, 0.717) is 11.4 Å². The predicted octanol–water partition coefficient (Wildman–Crippen LogP) is 6.08. The quantitative estimate of drug-likeness (QED) is 0.564. The molecule has 0 bridgehead atoms. The highest BCUT2D eigenvalue weighted by Gasteiger charge is 2.13. The Balaban J connectivity index is 2.21. The summed E-state index contributed by atoms with van der Waals surface area (Å²) in [5.74, 6) is -0.655. The first-order valence-corrected chi connectivity index (χ1v) is 8.80. The molecule has 0 saturated carbocycles. The van der Waals surface area contributed by atoms with Gasteiger partial charge < -0.3 is 5.32 Å². The lowest BCUT2D eigenvalue weighted by molar-refractivity contribution is -0.113. The summed E-state index contributed by atoms with van der Waals surface area (Å²) in [6.07, 6.45) is 2.05. The smallest absolute Gasteiger partial charge is 0.178 e. The van der Waals surface area contributed by atoms with Gasteiger partial charge in [-0.15, -0.1) is 0 Å². The van der Waals surface area contributed by atoms with Gasteiger partial charge in [0.15, 0.2) is 5.78 Å². The van der Waals surface area contributed by atoms with Crippen LogP contribution in [0.3, 0.4) is 0 Å². The largest absolute Gasteiger partial charge is 0.379 e. The van der Waals surface area contributed by atoms with Crippen molar-refractivity contribution in [2.24, 2.45) is 4.99 Å². The van der Waals surface area contributed by atoms with Crippen molar-refractivity contribution < 1.29 is 9.18 Å². The van der Waals surface area contributed by atoms with E-state index >= 15 is 0 Å². The molecule has 3 nitrogen and oxygen atoms in total. The van der Waals surface area contributed by atoms with Crippen LogP contribution >= 0.6 is 23.2 Å². The van der Waals surface area contributed by atoms with Crippen LogP contribution in [0.2, 0.25) is 10.0 Å². The van der Waals surface area contributed by atoms with Crippen molar-refractivity contribution in [1.82, 2.24) is 0 Å². The molecule has 0 spiro atoms. The van der Waals surface area contributed by atoms with Gasteiger partial charge in [0.2, 0.25) is 0 Å². The lowest BCUT2D eigenvalue weighted by Crippen LogP contribution is -2.23. The third kappa shape index (κ3) is 6.15. The molecule has 0 heterocycles. The summed E-state index contributed by atoms with van der Waals surface area (Å²) in [7, 11) is 0. The van der Waals surface area contributed by atoms with Crippen molar-refractivity contribution in [1.29, 1.82) is 0 Å². The fourth-order valence-electron chi connectivity index (χ4n) is 2.15. The Morgan fingerprint density at radius 1 is 1.12 bits per heavy atom. The van der Waals surface area contributed by atoms with E-state index in [1.807, 2.05) is 6.92 Å². The number of rotatable bonds is 8. The number of aliphatic imine (C=N–C) groups is 1. The number of nitrogens with zero attached hydrogens (tertiary/aromatic N) is 1. The maximum Gasteiger partial charge on any atom is 0.178 e. The van der Waals surface area contributed by atoms with Crippen molar-refractivity contribution in [2.75, 3.05) is 11.9 Å². The zero-order valence-electron chi connectivity index (χ0n) is 13.9. The summed E-state index contributed by atoms with van der Waals surface area (Å²) in [5, 5.41) is 4.03. The molecule has 0 aliphatic carbocycles.